The SMILES string of the molecule is Cc1cc(C)c(S(=O)(=O)NC(C#Cc2ccccc2)c2ccccc2)c(C)c1. The first kappa shape index (κ1) is 19.9. The van der Waals surface area contributed by atoms with Crippen LogP contribution in [0.25, 0.3) is 0 Å². The Balaban J connectivity index is 2.02. The van der Waals surface area contributed by atoms with Crippen molar-refractivity contribution in [1.29, 1.82) is 0 Å². The van der Waals surface area contributed by atoms with Crippen LogP contribution in [0.3, 0.4) is 0 Å². The van der Waals surface area contributed by atoms with Crippen LogP contribution < -0.4 is 4.72 Å². The van der Waals surface area contributed by atoms with E-state index in [0.717, 1.165) is 27.8 Å². The fraction of sp³-hybridized carbons (Fsp3) is 0.167. The third-order valence-electron chi connectivity index (χ3n) is 4.41. The predicted octanol–water partition coefficient (Wildman–Crippen LogP) is 4.68. The van der Waals surface area contributed by atoms with E-state index in [-0.39, 0.29) is 0 Å². The standard InChI is InChI=1S/C24H23NO2S/c1-18-16-19(2)24(20(3)17-18)28(26,27)25-23(22-12-8-5-9-13-22)15-14-21-10-6-4-7-11-21/h4-13,16-17,23,25H,1-3H3. The van der Waals surface area contributed by atoms with E-state index in [0.29, 0.717) is 4.90 Å². The maximum Gasteiger partial charge on any atom is 0.242 e. The number of hydrogen-bond donors (Lipinski definition) is 1. The van der Waals surface area contributed by atoms with Crippen LogP contribution >= 0.6 is 0 Å². The lowest BCUT2D eigenvalue weighted by Crippen LogP contribution is -2.29. The van der Waals surface area contributed by atoms with Crippen molar-refractivity contribution in [1.82, 2.24) is 4.72 Å². The molecule has 28 heavy (non-hydrogen) atoms. The summed E-state index contributed by atoms with van der Waals surface area (Å²) in [5, 5.41) is 0. The minimum atomic E-state index is -3.74. The molecule has 1 unspecified atom stereocenters. The molecule has 0 saturated heterocycles. The molecule has 0 radical (unpaired) electrons. The number of aryl methyl sites for hydroxylation is 3. The Bertz CT molecular complexity index is 1100. The number of benzene rings is 3. The quantitative estimate of drug-likeness (QED) is 0.659. The molecular formula is C24H23NO2S. The van der Waals surface area contributed by atoms with E-state index in [1.165, 1.54) is 0 Å². The summed E-state index contributed by atoms with van der Waals surface area (Å²) in [6, 6.07) is 22.1. The molecule has 3 aromatic rings. The molecule has 3 nitrogen and oxygen atoms in total. The lowest BCUT2D eigenvalue weighted by Gasteiger charge is -2.17. The van der Waals surface area contributed by atoms with Crippen LogP contribution in [0.15, 0.2) is 77.7 Å². The zero-order valence-corrected chi connectivity index (χ0v) is 17.0. The first-order chi connectivity index (χ1) is 13.4. The molecular weight excluding hydrogens is 366 g/mol. The van der Waals surface area contributed by atoms with Crippen LogP contribution in [-0.4, -0.2) is 8.42 Å². The first-order valence-electron chi connectivity index (χ1n) is 9.08. The average Bonchev–Trinajstić information content (AvgIpc) is 2.65. The molecule has 0 heterocycles. The number of nitrogens with one attached hydrogen (secondary N) is 1. The summed E-state index contributed by atoms with van der Waals surface area (Å²) in [7, 11) is -3.74. The predicted molar refractivity (Wildman–Crippen MR) is 113 cm³/mol. The maximum atomic E-state index is 13.2. The van der Waals surface area contributed by atoms with Crippen LogP contribution in [0.5, 0.6) is 0 Å². The van der Waals surface area contributed by atoms with Crippen LogP contribution in [0.1, 0.15) is 33.9 Å². The van der Waals surface area contributed by atoms with E-state index in [9.17, 15) is 8.42 Å². The molecule has 0 spiro atoms. The summed E-state index contributed by atoms with van der Waals surface area (Å²) in [6.45, 7) is 5.60. The van der Waals surface area contributed by atoms with Gasteiger partial charge in [-0.2, -0.15) is 4.72 Å². The highest BCUT2D eigenvalue weighted by atomic mass is 32.2. The topological polar surface area (TPSA) is 46.2 Å². The van der Waals surface area contributed by atoms with Gasteiger partial charge in [0.1, 0.15) is 6.04 Å². The number of hydrogen-bond acceptors (Lipinski definition) is 2. The minimum Gasteiger partial charge on any atom is -0.207 e. The number of rotatable bonds is 4. The molecule has 0 aromatic heterocycles. The van der Waals surface area contributed by atoms with Crippen LogP contribution in [0.2, 0.25) is 0 Å². The monoisotopic (exact) mass is 389 g/mol. The summed E-state index contributed by atoms with van der Waals surface area (Å²) in [6.07, 6.45) is 0. The van der Waals surface area contributed by atoms with Gasteiger partial charge < -0.3 is 0 Å². The van der Waals surface area contributed by atoms with Crippen molar-refractivity contribution in [3.63, 3.8) is 0 Å². The van der Waals surface area contributed by atoms with E-state index in [2.05, 4.69) is 16.6 Å². The molecule has 3 rings (SSSR count). The Hall–Kier alpha value is -2.87. The van der Waals surface area contributed by atoms with E-state index < -0.39 is 16.1 Å². The second-order valence-electron chi connectivity index (χ2n) is 6.83. The van der Waals surface area contributed by atoms with Gasteiger partial charge in [0.05, 0.1) is 4.90 Å². The van der Waals surface area contributed by atoms with Gasteiger partial charge >= 0.3 is 0 Å². The fourth-order valence-corrected chi connectivity index (χ4v) is 4.90. The maximum absolute atomic E-state index is 13.2. The highest BCUT2D eigenvalue weighted by molar-refractivity contribution is 7.89. The van der Waals surface area contributed by atoms with Gasteiger partial charge in [-0.25, -0.2) is 8.42 Å². The summed E-state index contributed by atoms with van der Waals surface area (Å²) < 4.78 is 29.2. The molecule has 1 N–H and O–H groups in total. The van der Waals surface area contributed by atoms with Gasteiger partial charge in [-0.1, -0.05) is 78.1 Å². The van der Waals surface area contributed by atoms with Crippen molar-refractivity contribution in [3.05, 3.63) is 101 Å². The molecule has 1 atom stereocenters. The second kappa shape index (κ2) is 8.43. The number of sulfonamides is 1. The molecule has 0 amide bonds. The minimum absolute atomic E-state index is 0.320. The summed E-state index contributed by atoms with van der Waals surface area (Å²) in [5.41, 5.74) is 4.14. The highest BCUT2D eigenvalue weighted by Crippen LogP contribution is 2.24. The summed E-state index contributed by atoms with van der Waals surface area (Å²) in [4.78, 5) is 0.320. The first-order valence-corrected chi connectivity index (χ1v) is 10.6. The third-order valence-corrected chi connectivity index (χ3v) is 6.14. The van der Waals surface area contributed by atoms with E-state index >= 15 is 0 Å². The van der Waals surface area contributed by atoms with Crippen LogP contribution in [0, 0.1) is 32.6 Å². The molecule has 0 aliphatic heterocycles. The molecule has 142 valence electrons. The van der Waals surface area contributed by atoms with Crippen LogP contribution in [0.4, 0.5) is 0 Å². The van der Waals surface area contributed by atoms with Gasteiger partial charge in [-0.15, -0.1) is 0 Å². The lowest BCUT2D eigenvalue weighted by atomic mass is 10.1. The molecule has 0 bridgehead atoms. The van der Waals surface area contributed by atoms with Gasteiger partial charge in [0.2, 0.25) is 10.0 Å². The van der Waals surface area contributed by atoms with E-state index in [4.69, 9.17) is 0 Å². The van der Waals surface area contributed by atoms with Gasteiger partial charge in [0.15, 0.2) is 0 Å². The normalized spacial score (nSPS) is 12.1. The molecule has 3 aromatic carbocycles. The molecule has 4 heteroatoms. The van der Waals surface area contributed by atoms with Gasteiger partial charge in [-0.3, -0.25) is 0 Å². The molecule has 0 aliphatic rings. The largest absolute Gasteiger partial charge is 0.242 e. The smallest absolute Gasteiger partial charge is 0.207 e. The van der Waals surface area contributed by atoms with Gasteiger partial charge in [-0.05, 0) is 49.6 Å². The van der Waals surface area contributed by atoms with E-state index in [1.54, 1.807) is 0 Å². The van der Waals surface area contributed by atoms with Crippen molar-refractivity contribution in [2.75, 3.05) is 0 Å². The van der Waals surface area contributed by atoms with Crippen molar-refractivity contribution in [3.8, 4) is 11.8 Å². The van der Waals surface area contributed by atoms with Gasteiger partial charge in [0.25, 0.3) is 0 Å². The Kier molecular flexibility index (Phi) is 5.99. The third kappa shape index (κ3) is 4.69. The van der Waals surface area contributed by atoms with Crippen molar-refractivity contribution >= 4 is 10.0 Å². The zero-order valence-electron chi connectivity index (χ0n) is 16.2. The van der Waals surface area contributed by atoms with Crippen LogP contribution in [-0.2, 0) is 10.0 Å². The Morgan fingerprint density at radius 3 is 1.93 bits per heavy atom. The Morgan fingerprint density at radius 2 is 1.36 bits per heavy atom. The lowest BCUT2D eigenvalue weighted by molar-refractivity contribution is 0.575. The Morgan fingerprint density at radius 1 is 0.821 bits per heavy atom. The molecule has 0 fully saturated rings. The highest BCUT2D eigenvalue weighted by Gasteiger charge is 2.24. The zero-order chi connectivity index (χ0) is 20.1. The summed E-state index contributed by atoms with van der Waals surface area (Å²) in [5.74, 6) is 6.17. The van der Waals surface area contributed by atoms with Crippen molar-refractivity contribution in [2.45, 2.75) is 31.7 Å². The van der Waals surface area contributed by atoms with Crippen molar-refractivity contribution in [2.24, 2.45) is 0 Å². The van der Waals surface area contributed by atoms with Gasteiger partial charge in [0, 0.05) is 5.56 Å². The second-order valence-corrected chi connectivity index (χ2v) is 8.48. The molecule has 0 aliphatic carbocycles. The average molecular weight is 390 g/mol. The van der Waals surface area contributed by atoms with Crippen molar-refractivity contribution < 1.29 is 8.42 Å². The fourth-order valence-electron chi connectivity index (χ4n) is 3.31. The Labute approximate surface area is 167 Å². The summed E-state index contributed by atoms with van der Waals surface area (Å²) >= 11 is 0. The van der Waals surface area contributed by atoms with E-state index in [1.807, 2.05) is 93.6 Å². The molecule has 0 saturated carbocycles.